The summed E-state index contributed by atoms with van der Waals surface area (Å²) in [5, 5.41) is 0. The number of hydrogen-bond acceptors (Lipinski definition) is 1. The lowest BCUT2D eigenvalue weighted by Crippen LogP contribution is -2.32. The van der Waals surface area contributed by atoms with Gasteiger partial charge in [-0.05, 0) is 41.7 Å². The van der Waals surface area contributed by atoms with Crippen molar-refractivity contribution in [1.29, 1.82) is 0 Å². The number of anilines is 1. The summed E-state index contributed by atoms with van der Waals surface area (Å²) in [5.74, 6) is 0.145. The molecule has 0 radical (unpaired) electrons. The van der Waals surface area contributed by atoms with Gasteiger partial charge >= 0.3 is 0 Å². The van der Waals surface area contributed by atoms with Gasteiger partial charge in [-0.2, -0.15) is 0 Å². The van der Waals surface area contributed by atoms with Crippen molar-refractivity contribution in [1.82, 2.24) is 0 Å². The Bertz CT molecular complexity index is 702. The number of amides is 1. The lowest BCUT2D eigenvalue weighted by atomic mass is 9.94. The quantitative estimate of drug-likeness (QED) is 0.775. The number of fused-ring (bicyclic) bond motifs is 2. The molecule has 0 aliphatic carbocycles. The van der Waals surface area contributed by atoms with E-state index in [4.69, 9.17) is 0 Å². The number of para-hydroxylation sites is 1. The number of carbonyl (C=O) groups is 1. The largest absolute Gasteiger partial charge is 0.312 e. The molecule has 1 aliphatic rings. The number of nitrogens with zero attached hydrogens (tertiary/aromatic N) is 1. The van der Waals surface area contributed by atoms with Crippen LogP contribution in [0.4, 0.5) is 5.69 Å². The van der Waals surface area contributed by atoms with E-state index in [-0.39, 0.29) is 5.91 Å². The Morgan fingerprint density at radius 1 is 1.00 bits per heavy atom. The Labute approximate surface area is 125 Å². The van der Waals surface area contributed by atoms with Crippen LogP contribution < -0.4 is 4.90 Å². The zero-order valence-electron chi connectivity index (χ0n) is 12.3. The van der Waals surface area contributed by atoms with E-state index in [0.29, 0.717) is 13.0 Å². The van der Waals surface area contributed by atoms with Gasteiger partial charge in [-0.3, -0.25) is 4.79 Å². The summed E-state index contributed by atoms with van der Waals surface area (Å²) in [6.07, 6.45) is 1.20. The molecule has 0 saturated heterocycles. The molecule has 0 bridgehead atoms. The van der Waals surface area contributed by atoms with Crippen LogP contribution in [0.2, 0.25) is 0 Å². The third kappa shape index (κ3) is 2.49. The second-order valence-corrected chi connectivity index (χ2v) is 5.38. The normalized spacial score (nSPS) is 14.8. The fourth-order valence-corrected chi connectivity index (χ4v) is 3.01. The molecular weight excluding hydrogens is 258 g/mol. The summed E-state index contributed by atoms with van der Waals surface area (Å²) < 4.78 is 0. The Balaban J connectivity index is 2.16. The van der Waals surface area contributed by atoms with Crippen molar-refractivity contribution in [2.45, 2.75) is 19.8 Å². The Morgan fingerprint density at radius 3 is 2.43 bits per heavy atom. The first kappa shape index (κ1) is 13.6. The smallest absolute Gasteiger partial charge is 0.231 e. The van der Waals surface area contributed by atoms with Crippen LogP contribution in [0, 0.1) is 0 Å². The first-order valence-corrected chi connectivity index (χ1v) is 7.35. The van der Waals surface area contributed by atoms with Crippen molar-refractivity contribution < 1.29 is 4.79 Å². The minimum absolute atomic E-state index is 0.145. The summed E-state index contributed by atoms with van der Waals surface area (Å²) in [6.45, 7) is 6.95. The SMILES string of the molecule is C=C1Cc2ccccc2N(CC)C(=O)Cc2ccccc21. The molecule has 0 spiro atoms. The maximum Gasteiger partial charge on any atom is 0.231 e. The highest BCUT2D eigenvalue weighted by atomic mass is 16.2. The summed E-state index contributed by atoms with van der Waals surface area (Å²) in [5.41, 5.74) is 5.43. The fourth-order valence-electron chi connectivity index (χ4n) is 3.01. The number of carbonyl (C=O) groups excluding carboxylic acids is 1. The number of benzene rings is 2. The molecule has 106 valence electrons. The molecule has 1 heterocycles. The highest BCUT2D eigenvalue weighted by Gasteiger charge is 2.21. The van der Waals surface area contributed by atoms with Gasteiger partial charge in [0.25, 0.3) is 0 Å². The van der Waals surface area contributed by atoms with E-state index in [1.807, 2.05) is 48.2 Å². The van der Waals surface area contributed by atoms with Crippen molar-refractivity contribution >= 4 is 17.2 Å². The minimum atomic E-state index is 0.145. The van der Waals surface area contributed by atoms with Crippen LogP contribution in [0.15, 0.2) is 55.1 Å². The minimum Gasteiger partial charge on any atom is -0.312 e. The first-order valence-electron chi connectivity index (χ1n) is 7.35. The van der Waals surface area contributed by atoms with Crippen LogP contribution in [0.3, 0.4) is 0 Å². The lowest BCUT2D eigenvalue weighted by molar-refractivity contribution is -0.117. The maximum absolute atomic E-state index is 12.7. The van der Waals surface area contributed by atoms with Gasteiger partial charge in [0.05, 0.1) is 6.42 Å². The molecule has 2 nitrogen and oxygen atoms in total. The predicted molar refractivity (Wildman–Crippen MR) is 87.4 cm³/mol. The molecule has 0 saturated carbocycles. The summed E-state index contributed by atoms with van der Waals surface area (Å²) in [7, 11) is 0. The number of likely N-dealkylation sites (N-methyl/N-ethyl adjacent to an activating group) is 1. The van der Waals surface area contributed by atoms with Crippen LogP contribution in [0.25, 0.3) is 5.57 Å². The van der Waals surface area contributed by atoms with Crippen molar-refractivity contribution in [2.75, 3.05) is 11.4 Å². The van der Waals surface area contributed by atoms with Gasteiger partial charge in [-0.15, -0.1) is 0 Å². The number of rotatable bonds is 1. The maximum atomic E-state index is 12.7. The number of hydrogen-bond donors (Lipinski definition) is 0. The zero-order chi connectivity index (χ0) is 14.8. The van der Waals surface area contributed by atoms with Gasteiger partial charge in [-0.1, -0.05) is 49.0 Å². The average Bonchev–Trinajstić information content (AvgIpc) is 2.53. The highest BCUT2D eigenvalue weighted by Crippen LogP contribution is 2.30. The highest BCUT2D eigenvalue weighted by molar-refractivity contribution is 5.97. The molecule has 0 N–H and O–H groups in total. The molecule has 0 atom stereocenters. The molecule has 0 unspecified atom stereocenters. The van der Waals surface area contributed by atoms with E-state index in [1.165, 1.54) is 0 Å². The fraction of sp³-hybridized carbons (Fsp3) is 0.211. The first-order chi connectivity index (χ1) is 10.2. The number of allylic oxidation sites excluding steroid dienone is 1. The third-order valence-electron chi connectivity index (χ3n) is 4.04. The Kier molecular flexibility index (Phi) is 3.61. The monoisotopic (exact) mass is 277 g/mol. The zero-order valence-corrected chi connectivity index (χ0v) is 12.3. The van der Waals surface area contributed by atoms with Crippen molar-refractivity contribution in [3.05, 3.63) is 71.8 Å². The van der Waals surface area contributed by atoms with Gasteiger partial charge in [-0.25, -0.2) is 0 Å². The Morgan fingerprint density at radius 2 is 1.67 bits per heavy atom. The molecule has 0 fully saturated rings. The molecule has 1 amide bonds. The molecule has 3 rings (SSSR count). The average molecular weight is 277 g/mol. The standard InChI is InChI=1S/C19H19NO/c1-3-20-18-11-7-5-9-16(18)12-14(2)17-10-6-4-8-15(17)13-19(20)21/h4-11H,2-3,12-13H2,1H3. The van der Waals surface area contributed by atoms with Crippen LogP contribution in [0.5, 0.6) is 0 Å². The molecule has 2 aromatic carbocycles. The predicted octanol–water partition coefficient (Wildman–Crippen LogP) is 3.85. The van der Waals surface area contributed by atoms with E-state index in [0.717, 1.165) is 34.4 Å². The van der Waals surface area contributed by atoms with Crippen molar-refractivity contribution in [3.63, 3.8) is 0 Å². The van der Waals surface area contributed by atoms with E-state index < -0.39 is 0 Å². The second kappa shape index (κ2) is 5.57. The molecule has 2 aromatic rings. The van der Waals surface area contributed by atoms with Gasteiger partial charge < -0.3 is 4.90 Å². The van der Waals surface area contributed by atoms with E-state index >= 15 is 0 Å². The molecular formula is C19H19NO. The van der Waals surface area contributed by atoms with Crippen LogP contribution >= 0.6 is 0 Å². The van der Waals surface area contributed by atoms with Crippen molar-refractivity contribution in [2.24, 2.45) is 0 Å². The van der Waals surface area contributed by atoms with Gasteiger partial charge in [0.2, 0.25) is 5.91 Å². The molecule has 21 heavy (non-hydrogen) atoms. The van der Waals surface area contributed by atoms with Gasteiger partial charge in [0.15, 0.2) is 0 Å². The Hall–Kier alpha value is -2.35. The van der Waals surface area contributed by atoms with E-state index in [2.05, 4.69) is 18.7 Å². The molecule has 0 aromatic heterocycles. The van der Waals surface area contributed by atoms with Gasteiger partial charge in [0.1, 0.15) is 0 Å². The summed E-state index contributed by atoms with van der Waals surface area (Å²) >= 11 is 0. The molecule has 2 heteroatoms. The van der Waals surface area contributed by atoms with Crippen LogP contribution in [-0.4, -0.2) is 12.5 Å². The second-order valence-electron chi connectivity index (χ2n) is 5.38. The van der Waals surface area contributed by atoms with Gasteiger partial charge in [0, 0.05) is 12.2 Å². The van der Waals surface area contributed by atoms with Crippen molar-refractivity contribution in [3.8, 4) is 0 Å². The lowest BCUT2D eigenvalue weighted by Gasteiger charge is -2.23. The molecule has 1 aliphatic heterocycles. The van der Waals surface area contributed by atoms with E-state index in [9.17, 15) is 4.79 Å². The van der Waals surface area contributed by atoms with E-state index in [1.54, 1.807) is 0 Å². The van der Waals surface area contributed by atoms with Crippen LogP contribution in [-0.2, 0) is 17.6 Å². The third-order valence-corrected chi connectivity index (χ3v) is 4.04. The topological polar surface area (TPSA) is 20.3 Å². The van der Waals surface area contributed by atoms with Crippen LogP contribution in [0.1, 0.15) is 23.6 Å². The summed E-state index contributed by atoms with van der Waals surface area (Å²) in [6, 6.07) is 16.2. The summed E-state index contributed by atoms with van der Waals surface area (Å²) in [4.78, 5) is 14.6.